The lowest BCUT2D eigenvalue weighted by atomic mass is 10.0. The lowest BCUT2D eigenvalue weighted by Crippen LogP contribution is -1.94. The van der Waals surface area contributed by atoms with Crippen molar-refractivity contribution < 1.29 is 0 Å². The zero-order chi connectivity index (χ0) is 8.27. The Morgan fingerprint density at radius 3 is 2.73 bits per heavy atom. The van der Waals surface area contributed by atoms with E-state index in [-0.39, 0.29) is 0 Å². The van der Waals surface area contributed by atoms with Gasteiger partial charge in [-0.1, -0.05) is 31.7 Å². The van der Waals surface area contributed by atoms with E-state index in [4.69, 9.17) is 5.73 Å². The predicted molar refractivity (Wildman–Crippen MR) is 50.3 cm³/mol. The number of nitrogen functional groups attached to an aromatic ring is 1. The number of nitrogens with two attached hydrogens (primary N) is 1. The fraction of sp³-hybridized carbons (Fsp3) is 0.200. The van der Waals surface area contributed by atoms with Gasteiger partial charge in [0, 0.05) is 5.69 Å². The first kappa shape index (κ1) is 7.86. The van der Waals surface area contributed by atoms with E-state index in [1.54, 1.807) is 0 Å². The second kappa shape index (κ2) is 3.24. The molecule has 0 saturated carbocycles. The third-order valence-electron chi connectivity index (χ3n) is 1.82. The van der Waals surface area contributed by atoms with Crippen LogP contribution in [0.25, 0.3) is 6.08 Å². The largest absolute Gasteiger partial charge is 0.398 e. The normalized spacial score (nSPS) is 9.55. The number of rotatable bonds is 2. The molecule has 0 aliphatic rings. The van der Waals surface area contributed by atoms with Gasteiger partial charge in [0.05, 0.1) is 0 Å². The van der Waals surface area contributed by atoms with Crippen molar-refractivity contribution in [1.29, 1.82) is 0 Å². The van der Waals surface area contributed by atoms with Gasteiger partial charge in [0.1, 0.15) is 0 Å². The number of benzene rings is 1. The summed E-state index contributed by atoms with van der Waals surface area (Å²) in [5.41, 5.74) is 8.97. The number of anilines is 1. The van der Waals surface area contributed by atoms with Crippen molar-refractivity contribution in [3.63, 3.8) is 0 Å². The molecule has 1 rings (SSSR count). The summed E-state index contributed by atoms with van der Waals surface area (Å²) < 4.78 is 0. The molecule has 1 nitrogen and oxygen atoms in total. The minimum absolute atomic E-state index is 0.866. The van der Waals surface area contributed by atoms with Gasteiger partial charge in [-0.2, -0.15) is 0 Å². The summed E-state index contributed by atoms with van der Waals surface area (Å²) in [6.45, 7) is 5.82. The van der Waals surface area contributed by atoms with Gasteiger partial charge in [0.2, 0.25) is 0 Å². The van der Waals surface area contributed by atoms with Crippen molar-refractivity contribution >= 4 is 11.8 Å². The minimum Gasteiger partial charge on any atom is -0.398 e. The molecule has 0 atom stereocenters. The highest BCUT2D eigenvalue weighted by atomic mass is 14.6. The number of hydrogen-bond donors (Lipinski definition) is 1. The summed E-state index contributed by atoms with van der Waals surface area (Å²) in [4.78, 5) is 0. The lowest BCUT2D eigenvalue weighted by molar-refractivity contribution is 1.14. The van der Waals surface area contributed by atoms with Crippen molar-refractivity contribution in [3.05, 3.63) is 35.9 Å². The van der Waals surface area contributed by atoms with Crippen LogP contribution in [0, 0.1) is 0 Å². The minimum atomic E-state index is 0.866. The third kappa shape index (κ3) is 1.43. The van der Waals surface area contributed by atoms with Crippen molar-refractivity contribution in [2.24, 2.45) is 0 Å². The predicted octanol–water partition coefficient (Wildman–Crippen LogP) is 2.47. The topological polar surface area (TPSA) is 26.0 Å². The Hall–Kier alpha value is -1.24. The summed E-state index contributed by atoms with van der Waals surface area (Å²) >= 11 is 0. The van der Waals surface area contributed by atoms with Crippen LogP contribution in [0.4, 0.5) is 5.69 Å². The first-order valence-electron chi connectivity index (χ1n) is 3.79. The van der Waals surface area contributed by atoms with Crippen molar-refractivity contribution in [1.82, 2.24) is 0 Å². The Morgan fingerprint density at radius 2 is 2.27 bits per heavy atom. The van der Waals surface area contributed by atoms with E-state index in [2.05, 4.69) is 13.5 Å². The molecule has 0 aliphatic carbocycles. The summed E-state index contributed by atoms with van der Waals surface area (Å²) in [5, 5.41) is 0. The van der Waals surface area contributed by atoms with Crippen LogP contribution in [0.3, 0.4) is 0 Å². The average molecular weight is 147 g/mol. The fourth-order valence-corrected chi connectivity index (χ4v) is 1.22. The standard InChI is InChI=1S/C10H13N/c1-3-8-6-5-7-10(11)9(8)4-2/h3,5-7H,1,4,11H2,2H3. The maximum atomic E-state index is 5.76. The van der Waals surface area contributed by atoms with E-state index >= 15 is 0 Å². The van der Waals surface area contributed by atoms with Gasteiger partial charge in [-0.15, -0.1) is 0 Å². The fourth-order valence-electron chi connectivity index (χ4n) is 1.22. The van der Waals surface area contributed by atoms with Gasteiger partial charge in [0.15, 0.2) is 0 Å². The summed E-state index contributed by atoms with van der Waals surface area (Å²) in [5.74, 6) is 0. The van der Waals surface area contributed by atoms with Gasteiger partial charge in [-0.05, 0) is 23.6 Å². The van der Waals surface area contributed by atoms with E-state index < -0.39 is 0 Å². The maximum absolute atomic E-state index is 5.76. The van der Waals surface area contributed by atoms with E-state index in [1.165, 1.54) is 5.56 Å². The molecule has 0 aromatic heterocycles. The van der Waals surface area contributed by atoms with Crippen LogP contribution in [0.2, 0.25) is 0 Å². The summed E-state index contributed by atoms with van der Waals surface area (Å²) in [7, 11) is 0. The van der Waals surface area contributed by atoms with Gasteiger partial charge < -0.3 is 5.73 Å². The molecule has 1 heteroatoms. The molecule has 0 saturated heterocycles. The van der Waals surface area contributed by atoms with Crippen molar-refractivity contribution in [2.45, 2.75) is 13.3 Å². The van der Waals surface area contributed by atoms with Crippen LogP contribution in [0.5, 0.6) is 0 Å². The molecule has 0 aliphatic heterocycles. The van der Waals surface area contributed by atoms with Gasteiger partial charge in [-0.25, -0.2) is 0 Å². The van der Waals surface area contributed by atoms with Crippen LogP contribution < -0.4 is 5.73 Å². The number of hydrogen-bond acceptors (Lipinski definition) is 1. The Labute approximate surface area is 67.5 Å². The molecular formula is C10H13N. The van der Waals surface area contributed by atoms with Crippen LogP contribution in [0.1, 0.15) is 18.1 Å². The van der Waals surface area contributed by atoms with Gasteiger partial charge in [-0.3, -0.25) is 0 Å². The second-order valence-corrected chi connectivity index (χ2v) is 2.47. The molecule has 0 unspecified atom stereocenters. The Morgan fingerprint density at radius 1 is 1.55 bits per heavy atom. The zero-order valence-electron chi connectivity index (χ0n) is 6.80. The van der Waals surface area contributed by atoms with Crippen LogP contribution >= 0.6 is 0 Å². The first-order valence-corrected chi connectivity index (χ1v) is 3.79. The summed E-state index contributed by atoms with van der Waals surface area (Å²) in [6.07, 6.45) is 2.81. The molecule has 0 amide bonds. The Kier molecular flexibility index (Phi) is 2.32. The maximum Gasteiger partial charge on any atom is 0.0352 e. The Bertz CT molecular complexity index is 264. The van der Waals surface area contributed by atoms with Gasteiger partial charge >= 0.3 is 0 Å². The monoisotopic (exact) mass is 147 g/mol. The highest BCUT2D eigenvalue weighted by molar-refractivity contribution is 5.61. The quantitative estimate of drug-likeness (QED) is 0.639. The molecule has 0 radical (unpaired) electrons. The molecule has 0 bridgehead atoms. The summed E-state index contributed by atoms with van der Waals surface area (Å²) in [6, 6.07) is 5.90. The van der Waals surface area contributed by atoms with E-state index in [1.807, 2.05) is 24.3 Å². The molecular weight excluding hydrogens is 134 g/mol. The molecule has 2 N–H and O–H groups in total. The molecule has 0 spiro atoms. The highest BCUT2D eigenvalue weighted by Gasteiger charge is 1.98. The van der Waals surface area contributed by atoms with Crippen LogP contribution in [-0.2, 0) is 6.42 Å². The van der Waals surface area contributed by atoms with Crippen LogP contribution in [0.15, 0.2) is 24.8 Å². The third-order valence-corrected chi connectivity index (χ3v) is 1.82. The van der Waals surface area contributed by atoms with Crippen molar-refractivity contribution in [3.8, 4) is 0 Å². The zero-order valence-corrected chi connectivity index (χ0v) is 6.80. The van der Waals surface area contributed by atoms with Crippen molar-refractivity contribution in [2.75, 3.05) is 5.73 Å². The smallest absolute Gasteiger partial charge is 0.0352 e. The highest BCUT2D eigenvalue weighted by Crippen LogP contribution is 2.17. The Balaban J connectivity index is 3.23. The molecule has 11 heavy (non-hydrogen) atoms. The van der Waals surface area contributed by atoms with E-state index in [9.17, 15) is 0 Å². The lowest BCUT2D eigenvalue weighted by Gasteiger charge is -2.05. The van der Waals surface area contributed by atoms with Crippen LogP contribution in [-0.4, -0.2) is 0 Å². The second-order valence-electron chi connectivity index (χ2n) is 2.47. The van der Waals surface area contributed by atoms with Gasteiger partial charge in [0.25, 0.3) is 0 Å². The molecule has 0 heterocycles. The molecule has 58 valence electrons. The first-order chi connectivity index (χ1) is 5.29. The van der Waals surface area contributed by atoms with E-state index in [0.29, 0.717) is 0 Å². The molecule has 0 fully saturated rings. The SMILES string of the molecule is C=Cc1cccc(N)c1CC. The van der Waals surface area contributed by atoms with E-state index in [0.717, 1.165) is 17.7 Å². The molecule has 1 aromatic carbocycles. The average Bonchev–Trinajstić information content (AvgIpc) is 2.04. The molecule has 1 aromatic rings.